The molecule has 31 heavy (non-hydrogen) atoms. The van der Waals surface area contributed by atoms with Gasteiger partial charge in [-0.05, 0) is 44.5 Å². The van der Waals surface area contributed by atoms with E-state index in [0.29, 0.717) is 35.5 Å². The zero-order valence-corrected chi connectivity index (χ0v) is 17.3. The van der Waals surface area contributed by atoms with Gasteiger partial charge in [-0.3, -0.25) is 9.59 Å². The van der Waals surface area contributed by atoms with Crippen molar-refractivity contribution in [3.8, 4) is 11.5 Å². The number of aryl methyl sites for hydroxylation is 2. The number of benzene rings is 2. The van der Waals surface area contributed by atoms with Gasteiger partial charge in [0.25, 0.3) is 11.4 Å². The van der Waals surface area contributed by atoms with E-state index in [2.05, 4.69) is 20.2 Å². The number of H-pyrrole nitrogens is 1. The smallest absolute Gasteiger partial charge is 0.306 e. The standard InChI is InChI=1S/C23H22N4O4/c1-14-10-12-16(13-11-14)23-27-26-22(31-23)15(2)30-20(28)9-5-8-19-24-18-7-4-3-6-17(18)21(29)25-19/h3-4,6-7,10-13,15H,5,8-9H2,1-2H3,(H,24,25,29). The molecule has 1 atom stereocenters. The number of rotatable bonds is 7. The number of aromatic amines is 1. The van der Waals surface area contributed by atoms with Crippen molar-refractivity contribution in [1.29, 1.82) is 0 Å². The first-order valence-corrected chi connectivity index (χ1v) is 10.1. The third-order valence-corrected chi connectivity index (χ3v) is 4.85. The van der Waals surface area contributed by atoms with Crippen LogP contribution < -0.4 is 5.56 Å². The van der Waals surface area contributed by atoms with Crippen molar-refractivity contribution in [2.24, 2.45) is 0 Å². The summed E-state index contributed by atoms with van der Waals surface area (Å²) in [4.78, 5) is 31.5. The van der Waals surface area contributed by atoms with Gasteiger partial charge in [0.1, 0.15) is 5.82 Å². The van der Waals surface area contributed by atoms with Crippen LogP contribution in [0, 0.1) is 6.92 Å². The molecule has 0 saturated heterocycles. The molecule has 2 aromatic carbocycles. The van der Waals surface area contributed by atoms with Gasteiger partial charge < -0.3 is 14.1 Å². The van der Waals surface area contributed by atoms with Gasteiger partial charge >= 0.3 is 5.97 Å². The Morgan fingerprint density at radius 2 is 1.90 bits per heavy atom. The number of nitrogens with zero attached hydrogens (tertiary/aromatic N) is 3. The Hall–Kier alpha value is -3.81. The largest absolute Gasteiger partial charge is 0.453 e. The van der Waals surface area contributed by atoms with E-state index >= 15 is 0 Å². The zero-order valence-electron chi connectivity index (χ0n) is 17.3. The van der Waals surface area contributed by atoms with Crippen LogP contribution in [0.4, 0.5) is 0 Å². The summed E-state index contributed by atoms with van der Waals surface area (Å²) in [5.74, 6) is 0.781. The zero-order chi connectivity index (χ0) is 21.8. The lowest BCUT2D eigenvalue weighted by Crippen LogP contribution is -2.13. The van der Waals surface area contributed by atoms with Crippen LogP contribution in [-0.2, 0) is 16.0 Å². The molecule has 8 nitrogen and oxygen atoms in total. The van der Waals surface area contributed by atoms with Crippen LogP contribution in [0.25, 0.3) is 22.4 Å². The number of carbonyl (C=O) groups excluding carboxylic acids is 1. The fourth-order valence-electron chi connectivity index (χ4n) is 3.17. The molecule has 1 unspecified atom stereocenters. The Bertz CT molecular complexity index is 1260. The average Bonchev–Trinajstić information content (AvgIpc) is 3.25. The van der Waals surface area contributed by atoms with E-state index in [4.69, 9.17) is 9.15 Å². The molecule has 1 N–H and O–H groups in total. The molecule has 8 heteroatoms. The topological polar surface area (TPSA) is 111 Å². The van der Waals surface area contributed by atoms with Gasteiger partial charge in [0.2, 0.25) is 5.89 Å². The van der Waals surface area contributed by atoms with E-state index in [-0.39, 0.29) is 23.8 Å². The Labute approximate surface area is 178 Å². The van der Waals surface area contributed by atoms with Gasteiger partial charge in [0, 0.05) is 18.4 Å². The maximum absolute atomic E-state index is 12.2. The lowest BCUT2D eigenvalue weighted by atomic mass is 10.1. The van der Waals surface area contributed by atoms with Gasteiger partial charge in [-0.2, -0.15) is 0 Å². The molecule has 4 aromatic rings. The molecule has 2 heterocycles. The van der Waals surface area contributed by atoms with E-state index in [1.807, 2.05) is 37.3 Å². The SMILES string of the molecule is Cc1ccc(-c2nnc(C(C)OC(=O)CCCc3nc4ccccc4c(=O)[nH]3)o2)cc1. The lowest BCUT2D eigenvalue weighted by Gasteiger charge is -2.09. The number of fused-ring (bicyclic) bond motifs is 1. The summed E-state index contributed by atoms with van der Waals surface area (Å²) in [5.41, 5.74) is 2.39. The third kappa shape index (κ3) is 4.85. The highest BCUT2D eigenvalue weighted by atomic mass is 16.6. The molecule has 0 radical (unpaired) electrons. The maximum atomic E-state index is 12.2. The number of ether oxygens (including phenoxy) is 1. The summed E-state index contributed by atoms with van der Waals surface area (Å²) < 4.78 is 11.1. The van der Waals surface area contributed by atoms with E-state index in [1.165, 1.54) is 0 Å². The fraction of sp³-hybridized carbons (Fsp3) is 0.261. The van der Waals surface area contributed by atoms with Crippen molar-refractivity contribution in [2.45, 2.75) is 39.2 Å². The summed E-state index contributed by atoms with van der Waals surface area (Å²) in [6.07, 6.45) is 0.477. The summed E-state index contributed by atoms with van der Waals surface area (Å²) in [7, 11) is 0. The van der Waals surface area contributed by atoms with Crippen LogP contribution >= 0.6 is 0 Å². The molecule has 0 spiro atoms. The fourth-order valence-corrected chi connectivity index (χ4v) is 3.17. The predicted molar refractivity (Wildman–Crippen MR) is 114 cm³/mol. The molecule has 0 bridgehead atoms. The van der Waals surface area contributed by atoms with Crippen LogP contribution in [0.2, 0.25) is 0 Å². The minimum atomic E-state index is -0.655. The Balaban J connectivity index is 1.31. The van der Waals surface area contributed by atoms with Crippen molar-refractivity contribution < 1.29 is 13.9 Å². The number of hydrogen-bond donors (Lipinski definition) is 1. The molecule has 4 rings (SSSR count). The van der Waals surface area contributed by atoms with Crippen molar-refractivity contribution in [2.75, 3.05) is 0 Å². The van der Waals surface area contributed by atoms with Crippen molar-refractivity contribution in [3.63, 3.8) is 0 Å². The molecular formula is C23H22N4O4. The average molecular weight is 418 g/mol. The predicted octanol–water partition coefficient (Wildman–Crippen LogP) is 3.91. The van der Waals surface area contributed by atoms with Gasteiger partial charge in [-0.1, -0.05) is 29.8 Å². The van der Waals surface area contributed by atoms with Crippen molar-refractivity contribution >= 4 is 16.9 Å². The second-order valence-corrected chi connectivity index (χ2v) is 7.33. The molecule has 0 aliphatic rings. The van der Waals surface area contributed by atoms with Crippen LogP contribution in [0.15, 0.2) is 57.7 Å². The lowest BCUT2D eigenvalue weighted by molar-refractivity contribution is -0.149. The first-order chi connectivity index (χ1) is 15.0. The Morgan fingerprint density at radius 1 is 1.13 bits per heavy atom. The molecule has 0 aliphatic heterocycles. The third-order valence-electron chi connectivity index (χ3n) is 4.85. The summed E-state index contributed by atoms with van der Waals surface area (Å²) >= 11 is 0. The van der Waals surface area contributed by atoms with Gasteiger partial charge in [-0.25, -0.2) is 4.98 Å². The van der Waals surface area contributed by atoms with Gasteiger partial charge in [-0.15, -0.1) is 10.2 Å². The molecule has 2 aromatic heterocycles. The first-order valence-electron chi connectivity index (χ1n) is 10.1. The summed E-state index contributed by atoms with van der Waals surface area (Å²) in [6, 6.07) is 14.9. The van der Waals surface area contributed by atoms with Crippen molar-refractivity contribution in [3.05, 3.63) is 76.2 Å². The molecule has 158 valence electrons. The number of esters is 1. The summed E-state index contributed by atoms with van der Waals surface area (Å²) in [6.45, 7) is 3.69. The van der Waals surface area contributed by atoms with Crippen LogP contribution in [0.3, 0.4) is 0 Å². The highest BCUT2D eigenvalue weighted by Gasteiger charge is 2.19. The Kier molecular flexibility index (Phi) is 5.88. The van der Waals surface area contributed by atoms with Crippen LogP contribution in [0.1, 0.15) is 43.1 Å². The minimum absolute atomic E-state index is 0.180. The summed E-state index contributed by atoms with van der Waals surface area (Å²) in [5, 5.41) is 8.57. The minimum Gasteiger partial charge on any atom is -0.453 e. The van der Waals surface area contributed by atoms with E-state index in [0.717, 1.165) is 11.1 Å². The molecule has 0 aliphatic carbocycles. The molecule has 0 fully saturated rings. The first kappa shape index (κ1) is 20.5. The quantitative estimate of drug-likeness (QED) is 0.453. The maximum Gasteiger partial charge on any atom is 0.306 e. The van der Waals surface area contributed by atoms with E-state index < -0.39 is 6.10 Å². The van der Waals surface area contributed by atoms with Crippen LogP contribution in [0.5, 0.6) is 0 Å². The van der Waals surface area contributed by atoms with E-state index in [9.17, 15) is 9.59 Å². The van der Waals surface area contributed by atoms with Gasteiger partial charge in [0.05, 0.1) is 10.9 Å². The highest BCUT2D eigenvalue weighted by molar-refractivity contribution is 5.77. The second kappa shape index (κ2) is 8.91. The van der Waals surface area contributed by atoms with Crippen molar-refractivity contribution in [1.82, 2.24) is 20.2 Å². The van der Waals surface area contributed by atoms with E-state index in [1.54, 1.807) is 25.1 Å². The number of para-hydroxylation sites is 1. The monoisotopic (exact) mass is 418 g/mol. The number of hydrogen-bond acceptors (Lipinski definition) is 7. The second-order valence-electron chi connectivity index (χ2n) is 7.33. The molecule has 0 amide bonds. The Morgan fingerprint density at radius 3 is 2.71 bits per heavy atom. The number of aromatic nitrogens is 4. The number of carbonyl (C=O) groups is 1. The number of nitrogens with one attached hydrogen (secondary N) is 1. The molecule has 0 saturated carbocycles. The normalized spacial score (nSPS) is 12.1. The van der Waals surface area contributed by atoms with Crippen LogP contribution in [-0.4, -0.2) is 26.1 Å². The molecular weight excluding hydrogens is 396 g/mol. The highest BCUT2D eigenvalue weighted by Crippen LogP contribution is 2.23. The van der Waals surface area contributed by atoms with Gasteiger partial charge in [0.15, 0.2) is 6.10 Å².